The summed E-state index contributed by atoms with van der Waals surface area (Å²) in [5, 5.41) is 0. The zero-order valence-corrected chi connectivity index (χ0v) is 17.9. The Kier molecular flexibility index (Phi) is 6.69. The predicted octanol–water partition coefficient (Wildman–Crippen LogP) is 3.38. The Morgan fingerprint density at radius 1 is 1.20 bits per heavy atom. The molecule has 0 bridgehead atoms. The van der Waals surface area contributed by atoms with E-state index < -0.39 is 0 Å². The van der Waals surface area contributed by atoms with Gasteiger partial charge in [-0.05, 0) is 63.9 Å². The maximum Gasteiger partial charge on any atom is 0.291 e. The average Bonchev–Trinajstić information content (AvgIpc) is 3.37. The van der Waals surface area contributed by atoms with Gasteiger partial charge in [-0.15, -0.1) is 0 Å². The molecule has 0 saturated carbocycles. The van der Waals surface area contributed by atoms with Crippen LogP contribution in [0.5, 0.6) is 5.75 Å². The van der Waals surface area contributed by atoms with Crippen LogP contribution in [-0.2, 0) is 4.74 Å². The van der Waals surface area contributed by atoms with Gasteiger partial charge in [0.2, 0.25) is 11.7 Å². The first-order valence-electron chi connectivity index (χ1n) is 10.9. The normalized spacial score (nSPS) is 19.9. The van der Waals surface area contributed by atoms with Gasteiger partial charge in [-0.3, -0.25) is 4.79 Å². The highest BCUT2D eigenvalue weighted by molar-refractivity contribution is 5.93. The third kappa shape index (κ3) is 4.84. The number of oxazole rings is 1. The van der Waals surface area contributed by atoms with Gasteiger partial charge in [0.25, 0.3) is 5.91 Å². The largest absolute Gasteiger partial charge is 0.494 e. The molecule has 0 aliphatic carbocycles. The van der Waals surface area contributed by atoms with Crippen LogP contribution in [0.1, 0.15) is 42.4 Å². The smallest absolute Gasteiger partial charge is 0.291 e. The van der Waals surface area contributed by atoms with Crippen molar-refractivity contribution in [2.45, 2.75) is 39.2 Å². The van der Waals surface area contributed by atoms with E-state index in [1.807, 2.05) is 24.3 Å². The average molecular weight is 414 g/mol. The van der Waals surface area contributed by atoms with Gasteiger partial charge in [-0.1, -0.05) is 0 Å². The van der Waals surface area contributed by atoms with E-state index >= 15 is 0 Å². The number of likely N-dealkylation sites (tertiary alicyclic amines) is 1. The van der Waals surface area contributed by atoms with Gasteiger partial charge < -0.3 is 23.7 Å². The van der Waals surface area contributed by atoms with E-state index in [-0.39, 0.29) is 5.91 Å². The summed E-state index contributed by atoms with van der Waals surface area (Å²) in [4.78, 5) is 21.4. The molecule has 2 fully saturated rings. The lowest BCUT2D eigenvalue weighted by Crippen LogP contribution is -2.40. The van der Waals surface area contributed by atoms with E-state index in [0.29, 0.717) is 56.3 Å². The second-order valence-corrected chi connectivity index (χ2v) is 8.09. The summed E-state index contributed by atoms with van der Waals surface area (Å²) in [6.45, 7) is 9.40. The molecule has 2 aromatic rings. The Morgan fingerprint density at radius 3 is 2.67 bits per heavy atom. The standard InChI is InChI=1S/C23H31N3O4/c1-17-5-3-10-25(17)11-4-14-29-20-8-6-19(7-9-20)22-24-18(2)21(30-22)23(27)26-12-15-28-16-13-26/h6-9,17H,3-5,10-16H2,1-2H3. The molecular weight excluding hydrogens is 382 g/mol. The molecule has 1 unspecified atom stereocenters. The van der Waals surface area contributed by atoms with Crippen molar-refractivity contribution in [3.63, 3.8) is 0 Å². The number of nitrogens with zero attached hydrogens (tertiary/aromatic N) is 3. The molecule has 7 heteroatoms. The minimum absolute atomic E-state index is 0.123. The summed E-state index contributed by atoms with van der Waals surface area (Å²) in [6, 6.07) is 8.40. The fourth-order valence-corrected chi connectivity index (χ4v) is 4.10. The highest BCUT2D eigenvalue weighted by atomic mass is 16.5. The number of hydrogen-bond acceptors (Lipinski definition) is 6. The van der Waals surface area contributed by atoms with E-state index in [4.69, 9.17) is 13.9 Å². The zero-order valence-electron chi connectivity index (χ0n) is 17.9. The molecule has 0 spiro atoms. The number of rotatable bonds is 7. The minimum atomic E-state index is -0.123. The predicted molar refractivity (Wildman–Crippen MR) is 114 cm³/mol. The van der Waals surface area contributed by atoms with Crippen molar-refractivity contribution in [1.82, 2.24) is 14.8 Å². The van der Waals surface area contributed by atoms with Crippen molar-refractivity contribution in [2.24, 2.45) is 0 Å². The Labute approximate surface area is 178 Å². The summed E-state index contributed by atoms with van der Waals surface area (Å²) in [5.41, 5.74) is 1.44. The number of carbonyl (C=O) groups excluding carboxylic acids is 1. The maximum atomic E-state index is 12.7. The Morgan fingerprint density at radius 2 is 1.97 bits per heavy atom. The second-order valence-electron chi connectivity index (χ2n) is 8.09. The summed E-state index contributed by atoms with van der Waals surface area (Å²) < 4.78 is 17.0. The van der Waals surface area contributed by atoms with Gasteiger partial charge in [0.05, 0.1) is 25.5 Å². The van der Waals surface area contributed by atoms with Crippen molar-refractivity contribution in [3.8, 4) is 17.2 Å². The number of aromatic nitrogens is 1. The van der Waals surface area contributed by atoms with E-state index in [1.54, 1.807) is 11.8 Å². The van der Waals surface area contributed by atoms with Crippen LogP contribution in [-0.4, -0.2) is 72.7 Å². The molecule has 30 heavy (non-hydrogen) atoms. The lowest BCUT2D eigenvalue weighted by atomic mass is 10.2. The Bertz CT molecular complexity index is 843. The SMILES string of the molecule is Cc1nc(-c2ccc(OCCCN3CCCC3C)cc2)oc1C(=O)N1CCOCC1. The second kappa shape index (κ2) is 9.62. The monoisotopic (exact) mass is 413 g/mol. The van der Waals surface area contributed by atoms with E-state index in [1.165, 1.54) is 19.4 Å². The molecule has 162 valence electrons. The van der Waals surface area contributed by atoms with E-state index in [9.17, 15) is 4.79 Å². The van der Waals surface area contributed by atoms with Crippen LogP contribution < -0.4 is 4.74 Å². The molecule has 3 heterocycles. The van der Waals surface area contributed by atoms with Gasteiger partial charge >= 0.3 is 0 Å². The van der Waals surface area contributed by atoms with Crippen LogP contribution in [0.15, 0.2) is 28.7 Å². The Hall–Kier alpha value is -2.38. The van der Waals surface area contributed by atoms with Crippen LogP contribution >= 0.6 is 0 Å². The molecule has 4 rings (SSSR count). The molecule has 1 aromatic carbocycles. The van der Waals surface area contributed by atoms with Crippen molar-refractivity contribution >= 4 is 5.91 Å². The number of carbonyl (C=O) groups is 1. The number of amides is 1. The quantitative estimate of drug-likeness (QED) is 0.649. The molecule has 2 saturated heterocycles. The van der Waals surface area contributed by atoms with Crippen LogP contribution in [0.25, 0.3) is 11.5 Å². The van der Waals surface area contributed by atoms with Gasteiger partial charge in [0, 0.05) is 31.2 Å². The van der Waals surface area contributed by atoms with Crippen LogP contribution in [0.4, 0.5) is 0 Å². The first kappa shape index (κ1) is 20.9. The fraction of sp³-hybridized carbons (Fsp3) is 0.565. The summed E-state index contributed by atoms with van der Waals surface area (Å²) in [7, 11) is 0. The highest BCUT2D eigenvalue weighted by Crippen LogP contribution is 2.25. The Balaban J connectivity index is 1.32. The highest BCUT2D eigenvalue weighted by Gasteiger charge is 2.25. The van der Waals surface area contributed by atoms with E-state index in [0.717, 1.165) is 24.3 Å². The molecule has 0 radical (unpaired) electrons. The molecule has 2 aliphatic rings. The molecule has 2 aliphatic heterocycles. The molecule has 1 aromatic heterocycles. The molecule has 1 atom stereocenters. The summed E-state index contributed by atoms with van der Waals surface area (Å²) in [5.74, 6) is 1.48. The van der Waals surface area contributed by atoms with Gasteiger partial charge in [-0.25, -0.2) is 4.98 Å². The molecule has 0 N–H and O–H groups in total. The molecule has 7 nitrogen and oxygen atoms in total. The van der Waals surface area contributed by atoms with Crippen molar-refractivity contribution in [1.29, 1.82) is 0 Å². The van der Waals surface area contributed by atoms with Crippen molar-refractivity contribution < 1.29 is 18.7 Å². The molecular formula is C23H31N3O4. The van der Waals surface area contributed by atoms with Crippen LogP contribution in [0, 0.1) is 6.92 Å². The number of morpholine rings is 1. The van der Waals surface area contributed by atoms with E-state index in [2.05, 4.69) is 16.8 Å². The minimum Gasteiger partial charge on any atom is -0.494 e. The van der Waals surface area contributed by atoms with Crippen molar-refractivity contribution in [2.75, 3.05) is 46.0 Å². The number of hydrogen-bond donors (Lipinski definition) is 0. The number of ether oxygens (including phenoxy) is 2. The first-order chi connectivity index (χ1) is 14.6. The number of aryl methyl sites for hydroxylation is 1. The van der Waals surface area contributed by atoms with Crippen LogP contribution in [0.2, 0.25) is 0 Å². The number of benzene rings is 1. The van der Waals surface area contributed by atoms with Gasteiger partial charge in [-0.2, -0.15) is 0 Å². The first-order valence-corrected chi connectivity index (χ1v) is 10.9. The lowest BCUT2D eigenvalue weighted by molar-refractivity contribution is 0.0282. The fourth-order valence-electron chi connectivity index (χ4n) is 4.10. The third-order valence-corrected chi connectivity index (χ3v) is 5.94. The maximum absolute atomic E-state index is 12.7. The summed E-state index contributed by atoms with van der Waals surface area (Å²) >= 11 is 0. The third-order valence-electron chi connectivity index (χ3n) is 5.94. The molecule has 1 amide bonds. The van der Waals surface area contributed by atoms with Crippen LogP contribution in [0.3, 0.4) is 0 Å². The summed E-state index contributed by atoms with van der Waals surface area (Å²) in [6.07, 6.45) is 3.64. The zero-order chi connectivity index (χ0) is 20.9. The van der Waals surface area contributed by atoms with Gasteiger partial charge in [0.1, 0.15) is 5.75 Å². The van der Waals surface area contributed by atoms with Crippen molar-refractivity contribution in [3.05, 3.63) is 35.7 Å². The lowest BCUT2D eigenvalue weighted by Gasteiger charge is -2.25. The van der Waals surface area contributed by atoms with Gasteiger partial charge in [0.15, 0.2) is 0 Å². The topological polar surface area (TPSA) is 68.0 Å².